The number of aromatic nitrogens is 3. The summed E-state index contributed by atoms with van der Waals surface area (Å²) in [7, 11) is 0. The first-order valence-corrected chi connectivity index (χ1v) is 9.45. The van der Waals surface area contributed by atoms with Crippen LogP contribution in [0.3, 0.4) is 0 Å². The molecule has 2 aromatic rings. The van der Waals surface area contributed by atoms with E-state index in [0.717, 1.165) is 47.9 Å². The first kappa shape index (κ1) is 15.8. The summed E-state index contributed by atoms with van der Waals surface area (Å²) in [4.78, 5) is 16.0. The number of halogens is 1. The van der Waals surface area contributed by atoms with Crippen LogP contribution in [0.25, 0.3) is 0 Å². The Morgan fingerprint density at radius 1 is 1.17 bits per heavy atom. The zero-order valence-electron chi connectivity index (χ0n) is 13.9. The first-order valence-electron chi connectivity index (χ1n) is 8.65. The summed E-state index contributed by atoms with van der Waals surface area (Å²) in [6.07, 6.45) is 8.43. The molecule has 1 aliphatic carbocycles. The molecule has 0 bridgehead atoms. The number of anilines is 2. The summed E-state index contributed by atoms with van der Waals surface area (Å²) >= 11 is 3.48. The molecule has 4 rings (SSSR count). The van der Waals surface area contributed by atoms with Gasteiger partial charge in [0.15, 0.2) is 0 Å². The minimum atomic E-state index is 0.471. The van der Waals surface area contributed by atoms with Gasteiger partial charge in [-0.3, -0.25) is 0 Å². The number of hydrogen-bond acceptors (Lipinski definition) is 5. The zero-order chi connectivity index (χ0) is 16.5. The van der Waals surface area contributed by atoms with Crippen molar-refractivity contribution in [1.29, 1.82) is 0 Å². The molecule has 2 fully saturated rings. The molecular weight excluding hydrogens is 366 g/mol. The molecule has 0 spiro atoms. The van der Waals surface area contributed by atoms with Gasteiger partial charge in [0.2, 0.25) is 0 Å². The molecule has 6 heteroatoms. The lowest BCUT2D eigenvalue weighted by molar-refractivity contribution is 0.521. The van der Waals surface area contributed by atoms with Gasteiger partial charge >= 0.3 is 0 Å². The van der Waals surface area contributed by atoms with E-state index < -0.39 is 0 Å². The van der Waals surface area contributed by atoms with Crippen molar-refractivity contribution in [2.24, 2.45) is 0 Å². The zero-order valence-corrected chi connectivity index (χ0v) is 15.5. The average Bonchev–Trinajstić information content (AvgIpc) is 3.41. The molecule has 2 aromatic heterocycles. The van der Waals surface area contributed by atoms with Crippen LogP contribution in [0, 0.1) is 6.92 Å². The SMILES string of the molecule is Cc1cc(Br)cnc1N1CCC(Nc2ccnc(C3CC3)n2)CC1. The van der Waals surface area contributed by atoms with Crippen molar-refractivity contribution in [2.45, 2.75) is 44.6 Å². The Morgan fingerprint density at radius 2 is 1.96 bits per heavy atom. The van der Waals surface area contributed by atoms with Gasteiger partial charge in [0, 0.05) is 41.9 Å². The monoisotopic (exact) mass is 387 g/mol. The molecule has 1 N–H and O–H groups in total. The molecule has 0 aromatic carbocycles. The number of pyridine rings is 1. The normalized spacial score (nSPS) is 18.7. The number of aryl methyl sites for hydroxylation is 1. The molecule has 0 atom stereocenters. The fourth-order valence-corrected chi connectivity index (χ4v) is 3.75. The van der Waals surface area contributed by atoms with Gasteiger partial charge in [-0.1, -0.05) is 0 Å². The van der Waals surface area contributed by atoms with Crippen molar-refractivity contribution in [1.82, 2.24) is 15.0 Å². The van der Waals surface area contributed by atoms with Gasteiger partial charge in [-0.2, -0.15) is 0 Å². The van der Waals surface area contributed by atoms with E-state index in [1.165, 1.54) is 18.4 Å². The highest BCUT2D eigenvalue weighted by Gasteiger charge is 2.27. The maximum atomic E-state index is 4.68. The second-order valence-electron chi connectivity index (χ2n) is 6.77. The van der Waals surface area contributed by atoms with Gasteiger partial charge in [-0.15, -0.1) is 0 Å². The minimum Gasteiger partial charge on any atom is -0.367 e. The Labute approximate surface area is 151 Å². The highest BCUT2D eigenvalue weighted by molar-refractivity contribution is 9.10. The van der Waals surface area contributed by atoms with E-state index in [2.05, 4.69) is 54.1 Å². The largest absolute Gasteiger partial charge is 0.367 e. The fourth-order valence-electron chi connectivity index (χ4n) is 3.30. The van der Waals surface area contributed by atoms with Crippen LogP contribution in [-0.4, -0.2) is 34.1 Å². The highest BCUT2D eigenvalue weighted by atomic mass is 79.9. The summed E-state index contributed by atoms with van der Waals surface area (Å²) in [5.41, 5.74) is 1.22. The minimum absolute atomic E-state index is 0.471. The van der Waals surface area contributed by atoms with Crippen molar-refractivity contribution in [2.75, 3.05) is 23.3 Å². The standard InChI is InChI=1S/C18H22BrN5/c1-12-10-14(19)11-21-18(12)24-8-5-15(6-9-24)22-16-4-7-20-17(23-16)13-2-3-13/h4,7,10-11,13,15H,2-3,5-6,8-9H2,1H3,(H,20,22,23). The van der Waals surface area contributed by atoms with Crippen molar-refractivity contribution in [3.05, 3.63) is 40.4 Å². The predicted molar refractivity (Wildman–Crippen MR) is 99.5 cm³/mol. The Hall–Kier alpha value is -1.69. The van der Waals surface area contributed by atoms with Crippen LogP contribution in [0.15, 0.2) is 29.0 Å². The van der Waals surface area contributed by atoms with E-state index in [0.29, 0.717) is 12.0 Å². The average molecular weight is 388 g/mol. The van der Waals surface area contributed by atoms with Crippen LogP contribution < -0.4 is 10.2 Å². The quantitative estimate of drug-likeness (QED) is 0.861. The third-order valence-corrected chi connectivity index (χ3v) is 5.21. The number of rotatable bonds is 4. The maximum absolute atomic E-state index is 4.68. The third-order valence-electron chi connectivity index (χ3n) is 4.78. The molecule has 126 valence electrons. The Kier molecular flexibility index (Phi) is 4.39. The molecule has 0 amide bonds. The smallest absolute Gasteiger partial charge is 0.133 e. The van der Waals surface area contributed by atoms with Crippen molar-refractivity contribution in [3.8, 4) is 0 Å². The van der Waals surface area contributed by atoms with Gasteiger partial charge in [0.25, 0.3) is 0 Å². The molecule has 24 heavy (non-hydrogen) atoms. The number of hydrogen-bond donors (Lipinski definition) is 1. The molecule has 2 aliphatic rings. The third kappa shape index (κ3) is 3.53. The van der Waals surface area contributed by atoms with E-state index in [1.54, 1.807) is 0 Å². The summed E-state index contributed by atoms with van der Waals surface area (Å²) in [5.74, 6) is 3.69. The molecule has 0 radical (unpaired) electrons. The van der Waals surface area contributed by atoms with Crippen molar-refractivity contribution in [3.63, 3.8) is 0 Å². The lowest BCUT2D eigenvalue weighted by Crippen LogP contribution is -2.40. The Balaban J connectivity index is 1.36. The highest BCUT2D eigenvalue weighted by Crippen LogP contribution is 2.38. The van der Waals surface area contributed by atoms with E-state index in [9.17, 15) is 0 Å². The predicted octanol–water partition coefficient (Wildman–Crippen LogP) is 3.90. The van der Waals surface area contributed by atoms with Crippen molar-refractivity contribution < 1.29 is 0 Å². The van der Waals surface area contributed by atoms with Crippen LogP contribution in [0.1, 0.15) is 43.0 Å². The fraction of sp³-hybridized carbons (Fsp3) is 0.500. The molecule has 0 unspecified atom stereocenters. The number of nitrogens with zero attached hydrogens (tertiary/aromatic N) is 4. The van der Waals surface area contributed by atoms with E-state index in [1.807, 2.05) is 18.5 Å². The van der Waals surface area contributed by atoms with Gasteiger partial charge in [0.1, 0.15) is 17.5 Å². The molecular formula is C18H22BrN5. The topological polar surface area (TPSA) is 53.9 Å². The van der Waals surface area contributed by atoms with Gasteiger partial charge in [-0.25, -0.2) is 15.0 Å². The van der Waals surface area contributed by atoms with Gasteiger partial charge < -0.3 is 10.2 Å². The summed E-state index contributed by atoms with van der Waals surface area (Å²) in [6.45, 7) is 4.17. The second kappa shape index (κ2) is 6.67. The molecule has 5 nitrogen and oxygen atoms in total. The van der Waals surface area contributed by atoms with Crippen LogP contribution in [0.4, 0.5) is 11.6 Å². The molecule has 1 saturated carbocycles. The summed E-state index contributed by atoms with van der Waals surface area (Å²) in [6, 6.07) is 4.59. The summed E-state index contributed by atoms with van der Waals surface area (Å²) < 4.78 is 1.04. The van der Waals surface area contributed by atoms with Crippen LogP contribution >= 0.6 is 15.9 Å². The molecule has 1 saturated heterocycles. The molecule has 1 aliphatic heterocycles. The second-order valence-corrected chi connectivity index (χ2v) is 7.69. The molecule has 3 heterocycles. The lowest BCUT2D eigenvalue weighted by Gasteiger charge is -2.34. The lowest BCUT2D eigenvalue weighted by atomic mass is 10.0. The van der Waals surface area contributed by atoms with E-state index in [4.69, 9.17) is 0 Å². The number of piperidine rings is 1. The van der Waals surface area contributed by atoms with Gasteiger partial charge in [-0.05, 0) is 66.2 Å². The van der Waals surface area contributed by atoms with Crippen LogP contribution in [-0.2, 0) is 0 Å². The number of nitrogens with one attached hydrogen (secondary N) is 1. The van der Waals surface area contributed by atoms with E-state index >= 15 is 0 Å². The van der Waals surface area contributed by atoms with Crippen molar-refractivity contribution >= 4 is 27.6 Å². The van der Waals surface area contributed by atoms with Gasteiger partial charge in [0.05, 0.1) is 0 Å². The van der Waals surface area contributed by atoms with Crippen LogP contribution in [0.2, 0.25) is 0 Å². The van der Waals surface area contributed by atoms with E-state index in [-0.39, 0.29) is 0 Å². The Bertz CT molecular complexity index is 723. The first-order chi connectivity index (χ1) is 11.7. The van der Waals surface area contributed by atoms with Crippen LogP contribution in [0.5, 0.6) is 0 Å². The Morgan fingerprint density at radius 3 is 2.67 bits per heavy atom. The maximum Gasteiger partial charge on any atom is 0.133 e. The summed E-state index contributed by atoms with van der Waals surface area (Å²) in [5, 5.41) is 3.59.